The zero-order valence-electron chi connectivity index (χ0n) is 17.5. The second-order valence-corrected chi connectivity index (χ2v) is 9.31. The van der Waals surface area contributed by atoms with Crippen LogP contribution >= 0.6 is 0 Å². The molecule has 3 aromatic rings. The molecule has 0 atom stereocenters. The van der Waals surface area contributed by atoms with Crippen LogP contribution in [0.25, 0.3) is 0 Å². The van der Waals surface area contributed by atoms with E-state index in [9.17, 15) is 13.2 Å². The van der Waals surface area contributed by atoms with Gasteiger partial charge in [0.15, 0.2) is 0 Å². The molecule has 3 aromatic carbocycles. The number of carbonyl (C=O) groups is 1. The van der Waals surface area contributed by atoms with Crippen LogP contribution in [0, 0.1) is 6.92 Å². The van der Waals surface area contributed by atoms with Crippen molar-refractivity contribution in [3.05, 3.63) is 83.9 Å². The van der Waals surface area contributed by atoms with Crippen molar-refractivity contribution < 1.29 is 17.9 Å². The maximum Gasteiger partial charge on any atom is 0.264 e. The summed E-state index contributed by atoms with van der Waals surface area (Å²) in [5, 5.41) is 0. The first-order chi connectivity index (χ1) is 14.9. The second-order valence-electron chi connectivity index (χ2n) is 7.45. The molecule has 0 radical (unpaired) electrons. The number of hydrogen-bond donors (Lipinski definition) is 0. The van der Waals surface area contributed by atoms with E-state index < -0.39 is 10.0 Å². The van der Waals surface area contributed by atoms with Gasteiger partial charge in [0.2, 0.25) is 5.91 Å². The highest BCUT2D eigenvalue weighted by molar-refractivity contribution is 7.92. The molecule has 0 fully saturated rings. The van der Waals surface area contributed by atoms with Gasteiger partial charge >= 0.3 is 0 Å². The average molecular weight is 437 g/mol. The molecule has 0 N–H and O–H groups in total. The van der Waals surface area contributed by atoms with E-state index in [4.69, 9.17) is 4.74 Å². The minimum atomic E-state index is -3.97. The average Bonchev–Trinajstić information content (AvgIpc) is 3.22. The number of carbonyl (C=O) groups excluding carboxylic acids is 1. The Morgan fingerprint density at radius 3 is 2.52 bits per heavy atom. The number of benzene rings is 3. The summed E-state index contributed by atoms with van der Waals surface area (Å²) in [6.07, 6.45) is 0.756. The molecule has 0 bridgehead atoms. The van der Waals surface area contributed by atoms with Crippen molar-refractivity contribution >= 4 is 27.3 Å². The Balaban J connectivity index is 1.72. The number of rotatable bonds is 6. The summed E-state index contributed by atoms with van der Waals surface area (Å²) in [4.78, 5) is 15.1. The number of methoxy groups -OCH3 is 1. The molecule has 1 aliphatic heterocycles. The van der Waals surface area contributed by atoms with E-state index in [0.29, 0.717) is 18.0 Å². The van der Waals surface area contributed by atoms with E-state index in [1.165, 1.54) is 7.11 Å². The molecule has 0 spiro atoms. The predicted molar refractivity (Wildman–Crippen MR) is 121 cm³/mol. The number of amides is 1. The highest BCUT2D eigenvalue weighted by Gasteiger charge is 2.31. The molecule has 4 rings (SSSR count). The van der Waals surface area contributed by atoms with Crippen LogP contribution in [-0.4, -0.2) is 34.5 Å². The van der Waals surface area contributed by atoms with Crippen molar-refractivity contribution in [3.8, 4) is 5.75 Å². The Morgan fingerprint density at radius 2 is 1.77 bits per heavy atom. The lowest BCUT2D eigenvalue weighted by molar-refractivity contribution is -0.117. The van der Waals surface area contributed by atoms with Crippen molar-refractivity contribution in [2.45, 2.75) is 18.2 Å². The van der Waals surface area contributed by atoms with Crippen LogP contribution < -0.4 is 13.9 Å². The number of para-hydroxylation sites is 1. The highest BCUT2D eigenvalue weighted by Crippen LogP contribution is 2.30. The first-order valence-corrected chi connectivity index (χ1v) is 11.5. The Labute approximate surface area is 182 Å². The summed E-state index contributed by atoms with van der Waals surface area (Å²) in [5.41, 5.74) is 3.26. The fourth-order valence-corrected chi connectivity index (χ4v) is 5.13. The van der Waals surface area contributed by atoms with E-state index >= 15 is 0 Å². The minimum Gasteiger partial charge on any atom is -0.497 e. The lowest BCUT2D eigenvalue weighted by Gasteiger charge is -2.27. The molecule has 160 valence electrons. The Hall–Kier alpha value is -3.32. The van der Waals surface area contributed by atoms with E-state index in [0.717, 1.165) is 27.5 Å². The van der Waals surface area contributed by atoms with Crippen LogP contribution in [0.1, 0.15) is 11.1 Å². The lowest BCUT2D eigenvalue weighted by Crippen LogP contribution is -2.42. The number of sulfonamides is 1. The van der Waals surface area contributed by atoms with E-state index in [2.05, 4.69) is 0 Å². The van der Waals surface area contributed by atoms with Crippen LogP contribution in [0.15, 0.2) is 77.7 Å². The fourth-order valence-electron chi connectivity index (χ4n) is 3.72. The van der Waals surface area contributed by atoms with Gasteiger partial charge in [0.05, 0.1) is 17.7 Å². The molecular formula is C24H24N2O4S. The van der Waals surface area contributed by atoms with Gasteiger partial charge in [0.1, 0.15) is 12.3 Å². The number of hydrogen-bond acceptors (Lipinski definition) is 4. The van der Waals surface area contributed by atoms with Crippen LogP contribution in [0.3, 0.4) is 0 Å². The second kappa shape index (κ2) is 8.43. The first kappa shape index (κ1) is 20.9. The van der Waals surface area contributed by atoms with Crippen LogP contribution in [0.2, 0.25) is 0 Å². The van der Waals surface area contributed by atoms with E-state index in [1.54, 1.807) is 53.4 Å². The van der Waals surface area contributed by atoms with Gasteiger partial charge in [-0.3, -0.25) is 9.10 Å². The number of anilines is 2. The molecule has 7 heteroatoms. The molecule has 1 aliphatic rings. The Kier molecular flexibility index (Phi) is 5.69. The van der Waals surface area contributed by atoms with Crippen molar-refractivity contribution in [2.75, 3.05) is 29.4 Å². The van der Waals surface area contributed by atoms with Crippen molar-refractivity contribution in [1.29, 1.82) is 0 Å². The largest absolute Gasteiger partial charge is 0.497 e. The summed E-state index contributed by atoms with van der Waals surface area (Å²) >= 11 is 0. The molecule has 1 amide bonds. The molecule has 31 heavy (non-hydrogen) atoms. The maximum absolute atomic E-state index is 13.6. The van der Waals surface area contributed by atoms with Gasteiger partial charge in [0, 0.05) is 18.3 Å². The number of ether oxygens (including phenoxy) is 1. The monoisotopic (exact) mass is 436 g/mol. The van der Waals surface area contributed by atoms with Crippen molar-refractivity contribution in [3.63, 3.8) is 0 Å². The number of aryl methyl sites for hydroxylation is 1. The van der Waals surface area contributed by atoms with E-state index in [-0.39, 0.29) is 17.3 Å². The molecule has 0 unspecified atom stereocenters. The van der Waals surface area contributed by atoms with Gasteiger partial charge in [0.25, 0.3) is 10.0 Å². The first-order valence-electron chi connectivity index (χ1n) is 10.0. The van der Waals surface area contributed by atoms with Gasteiger partial charge in [-0.05, 0) is 49.2 Å². The van der Waals surface area contributed by atoms with Gasteiger partial charge in [-0.1, -0.05) is 42.0 Å². The van der Waals surface area contributed by atoms with Crippen LogP contribution in [0.5, 0.6) is 5.75 Å². The maximum atomic E-state index is 13.6. The quantitative estimate of drug-likeness (QED) is 0.590. The molecule has 0 aromatic heterocycles. The third-order valence-electron chi connectivity index (χ3n) is 5.42. The lowest BCUT2D eigenvalue weighted by atomic mass is 10.2. The topological polar surface area (TPSA) is 66.9 Å². The minimum absolute atomic E-state index is 0.135. The summed E-state index contributed by atoms with van der Waals surface area (Å²) in [6.45, 7) is 2.12. The molecule has 0 aliphatic carbocycles. The molecular weight excluding hydrogens is 412 g/mol. The molecule has 0 saturated carbocycles. The van der Waals surface area contributed by atoms with Crippen molar-refractivity contribution in [2.24, 2.45) is 0 Å². The zero-order valence-corrected chi connectivity index (χ0v) is 18.3. The number of fused-ring (bicyclic) bond motifs is 1. The number of nitrogens with zero attached hydrogens (tertiary/aromatic N) is 2. The van der Waals surface area contributed by atoms with E-state index in [1.807, 2.05) is 31.2 Å². The smallest absolute Gasteiger partial charge is 0.264 e. The summed E-state index contributed by atoms with van der Waals surface area (Å²) in [5.74, 6) is 0.240. The van der Waals surface area contributed by atoms with Gasteiger partial charge in [-0.25, -0.2) is 8.42 Å². The SMILES string of the molecule is COc1cccc(N(CC(=O)N2CCc3ccccc32)S(=O)(=O)c2ccc(C)cc2)c1. The standard InChI is InChI=1S/C24H24N2O4S/c1-18-10-12-22(13-11-18)31(28,29)26(20-7-5-8-21(16-20)30-2)17-24(27)25-15-14-19-6-3-4-9-23(19)25/h3-13,16H,14-15,17H2,1-2H3. The zero-order chi connectivity index (χ0) is 22.0. The van der Waals surface area contributed by atoms with Crippen LogP contribution in [0.4, 0.5) is 11.4 Å². The van der Waals surface area contributed by atoms with Crippen molar-refractivity contribution in [1.82, 2.24) is 0 Å². The summed E-state index contributed by atoms with van der Waals surface area (Å²) in [6, 6.07) is 21.1. The highest BCUT2D eigenvalue weighted by atomic mass is 32.2. The van der Waals surface area contributed by atoms with Gasteiger partial charge in [-0.15, -0.1) is 0 Å². The third-order valence-corrected chi connectivity index (χ3v) is 7.21. The van der Waals surface area contributed by atoms with Gasteiger partial charge < -0.3 is 9.64 Å². The normalized spacial score (nSPS) is 13.0. The molecule has 0 saturated heterocycles. The summed E-state index contributed by atoms with van der Waals surface area (Å²) < 4.78 is 33.5. The molecule has 6 nitrogen and oxygen atoms in total. The summed E-state index contributed by atoms with van der Waals surface area (Å²) in [7, 11) is -2.45. The fraction of sp³-hybridized carbons (Fsp3) is 0.208. The predicted octanol–water partition coefficient (Wildman–Crippen LogP) is 3.79. The third kappa shape index (κ3) is 4.14. The van der Waals surface area contributed by atoms with Crippen LogP contribution in [-0.2, 0) is 21.2 Å². The Morgan fingerprint density at radius 1 is 1.03 bits per heavy atom. The Bertz CT molecular complexity index is 1210. The van der Waals surface area contributed by atoms with Gasteiger partial charge in [-0.2, -0.15) is 0 Å². The molecule has 1 heterocycles.